The number of halogens is 1. The lowest BCUT2D eigenvalue weighted by molar-refractivity contribution is -0.116. The molecule has 2 aromatic carbocycles. The number of carbonyl (C=O) groups excluding carboxylic acids is 1. The molecule has 0 radical (unpaired) electrons. The van der Waals surface area contributed by atoms with Gasteiger partial charge < -0.3 is 14.8 Å². The van der Waals surface area contributed by atoms with Crippen molar-refractivity contribution in [3.63, 3.8) is 0 Å². The monoisotopic (exact) mass is 451 g/mol. The normalized spacial score (nSPS) is 19.8. The summed E-state index contributed by atoms with van der Waals surface area (Å²) in [6, 6.07) is 13.0. The fourth-order valence-corrected chi connectivity index (χ4v) is 4.88. The molecule has 0 saturated carbocycles. The third-order valence-electron chi connectivity index (χ3n) is 6.26. The van der Waals surface area contributed by atoms with E-state index in [1.165, 1.54) is 0 Å². The van der Waals surface area contributed by atoms with Gasteiger partial charge in [-0.2, -0.15) is 0 Å². The molecule has 3 aromatic rings. The number of H-pyrrole nitrogens is 2. The van der Waals surface area contributed by atoms with E-state index >= 15 is 0 Å². The molecule has 2 aliphatic rings. The zero-order chi connectivity index (χ0) is 22.4. The first-order chi connectivity index (χ1) is 15.5. The largest absolute Gasteiger partial charge is 0.493 e. The summed E-state index contributed by atoms with van der Waals surface area (Å²) >= 11 is 6.08. The highest BCUT2D eigenvalue weighted by Crippen LogP contribution is 2.47. The topological polar surface area (TPSA) is 96.2 Å². The summed E-state index contributed by atoms with van der Waals surface area (Å²) in [6.45, 7) is 0. The molecule has 5 rings (SSSR count). The minimum atomic E-state index is -0.452. The van der Waals surface area contributed by atoms with Crippen LogP contribution < -0.4 is 20.3 Å². The minimum Gasteiger partial charge on any atom is -0.493 e. The summed E-state index contributed by atoms with van der Waals surface area (Å²) in [6.07, 6.45) is 0.977. The van der Waals surface area contributed by atoms with Crippen molar-refractivity contribution in [2.24, 2.45) is 0 Å². The van der Waals surface area contributed by atoms with E-state index < -0.39 is 5.92 Å². The number of ketones is 1. The molecule has 0 bridgehead atoms. The highest BCUT2D eigenvalue weighted by molar-refractivity contribution is 6.30. The molecule has 2 heterocycles. The Morgan fingerprint density at radius 1 is 0.906 bits per heavy atom. The Kier molecular flexibility index (Phi) is 5.06. The van der Waals surface area contributed by atoms with Crippen molar-refractivity contribution in [3.8, 4) is 11.5 Å². The number of allylic oxidation sites excluding steroid dienone is 2. The second-order valence-electron chi connectivity index (χ2n) is 8.01. The number of aromatic nitrogens is 2. The number of nitrogens with one attached hydrogen (secondary N) is 3. The number of rotatable bonds is 4. The zero-order valence-electron chi connectivity index (χ0n) is 17.6. The summed E-state index contributed by atoms with van der Waals surface area (Å²) < 4.78 is 10.8. The highest BCUT2D eigenvalue weighted by atomic mass is 35.5. The summed E-state index contributed by atoms with van der Waals surface area (Å²) in [5, 5.41) is 9.47. The maximum absolute atomic E-state index is 13.5. The number of aromatic amines is 2. The lowest BCUT2D eigenvalue weighted by Gasteiger charge is -2.34. The number of hydrogen-bond donors (Lipinski definition) is 3. The molecule has 0 spiro atoms. The van der Waals surface area contributed by atoms with Crippen molar-refractivity contribution in [1.29, 1.82) is 0 Å². The van der Waals surface area contributed by atoms with Crippen LogP contribution >= 0.6 is 11.6 Å². The van der Waals surface area contributed by atoms with Crippen molar-refractivity contribution in [3.05, 3.63) is 85.8 Å². The summed E-state index contributed by atoms with van der Waals surface area (Å²) in [5.74, 6) is 1.41. The Balaban J connectivity index is 1.58. The van der Waals surface area contributed by atoms with E-state index in [0.29, 0.717) is 46.3 Å². The van der Waals surface area contributed by atoms with Gasteiger partial charge in [-0.1, -0.05) is 29.8 Å². The number of carbonyl (C=O) groups is 1. The van der Waals surface area contributed by atoms with Crippen LogP contribution in [-0.4, -0.2) is 30.2 Å². The van der Waals surface area contributed by atoms with E-state index in [0.717, 1.165) is 16.8 Å². The lowest BCUT2D eigenvalue weighted by Crippen LogP contribution is -2.31. The van der Waals surface area contributed by atoms with E-state index in [1.807, 2.05) is 30.3 Å². The number of benzene rings is 2. The molecule has 3 N–H and O–H groups in total. The van der Waals surface area contributed by atoms with Crippen molar-refractivity contribution < 1.29 is 14.3 Å². The molecule has 0 fully saturated rings. The summed E-state index contributed by atoms with van der Waals surface area (Å²) in [7, 11) is 3.19. The predicted octanol–water partition coefficient (Wildman–Crippen LogP) is 4.33. The lowest BCUT2D eigenvalue weighted by atomic mass is 9.73. The molecule has 1 aromatic heterocycles. The number of hydrogen-bond acceptors (Lipinski definition) is 5. The molecule has 2 atom stereocenters. The van der Waals surface area contributed by atoms with Crippen LogP contribution in [0.15, 0.2) is 58.5 Å². The fourth-order valence-electron chi connectivity index (χ4n) is 4.75. The van der Waals surface area contributed by atoms with E-state index in [1.54, 1.807) is 26.4 Å². The fraction of sp³-hybridized carbons (Fsp3) is 0.250. The molecule has 0 amide bonds. The number of ether oxygens (including phenoxy) is 2. The van der Waals surface area contributed by atoms with Crippen molar-refractivity contribution >= 4 is 23.2 Å². The van der Waals surface area contributed by atoms with Crippen LogP contribution in [-0.2, 0) is 4.79 Å². The van der Waals surface area contributed by atoms with E-state index in [4.69, 9.17) is 21.1 Å². The molecule has 1 aliphatic carbocycles. The van der Waals surface area contributed by atoms with Crippen LogP contribution in [0.4, 0.5) is 5.82 Å². The molecule has 7 nitrogen and oxygen atoms in total. The van der Waals surface area contributed by atoms with Gasteiger partial charge in [-0.25, -0.2) is 0 Å². The molecule has 32 heavy (non-hydrogen) atoms. The van der Waals surface area contributed by atoms with Crippen LogP contribution in [0.2, 0.25) is 5.02 Å². The van der Waals surface area contributed by atoms with Crippen LogP contribution in [0, 0.1) is 0 Å². The van der Waals surface area contributed by atoms with Gasteiger partial charge in [-0.05, 0) is 47.7 Å². The average Bonchev–Trinajstić information content (AvgIpc) is 3.18. The summed E-state index contributed by atoms with van der Waals surface area (Å²) in [5.41, 5.74) is 3.59. The smallest absolute Gasteiger partial charge is 0.270 e. The van der Waals surface area contributed by atoms with E-state index in [2.05, 4.69) is 15.5 Å². The van der Waals surface area contributed by atoms with Gasteiger partial charge in [0.15, 0.2) is 17.3 Å². The first-order valence-electron chi connectivity index (χ1n) is 10.3. The maximum atomic E-state index is 13.5. The molecule has 164 valence electrons. The quantitative estimate of drug-likeness (QED) is 0.548. The van der Waals surface area contributed by atoms with Crippen molar-refractivity contribution in [2.45, 2.75) is 24.7 Å². The second kappa shape index (κ2) is 7.91. The predicted molar refractivity (Wildman–Crippen MR) is 122 cm³/mol. The Morgan fingerprint density at radius 2 is 1.62 bits per heavy atom. The standard InChI is InChI=1S/C24H22ClN3O4/c1-31-18-8-5-13(11-19(18)32-2)14-9-16-21(17(29)10-14)20(12-3-6-15(25)7-4-12)22-23(26-16)27-28-24(22)30/h3-8,11,14,20H,9-10H2,1-2H3,(H3,26,27,28,30)/t14-,20-/m0/s1. The van der Waals surface area contributed by atoms with Crippen molar-refractivity contribution in [2.75, 3.05) is 19.5 Å². The Bertz CT molecular complexity index is 1290. The number of anilines is 1. The van der Waals surface area contributed by atoms with Crippen molar-refractivity contribution in [1.82, 2.24) is 10.2 Å². The van der Waals surface area contributed by atoms with Crippen LogP contribution in [0.1, 0.15) is 41.4 Å². The number of Topliss-reactive ketones (excluding diaryl/α,β-unsaturated/α-hetero) is 1. The van der Waals surface area contributed by atoms with Gasteiger partial charge >= 0.3 is 0 Å². The molecule has 1 aliphatic heterocycles. The van der Waals surface area contributed by atoms with Gasteiger partial charge in [0.25, 0.3) is 5.56 Å². The molecule has 0 saturated heterocycles. The van der Waals surface area contributed by atoms with Crippen LogP contribution in [0.25, 0.3) is 0 Å². The first-order valence-corrected chi connectivity index (χ1v) is 10.7. The van der Waals surface area contributed by atoms with Gasteiger partial charge in [-0.15, -0.1) is 0 Å². The first kappa shape index (κ1) is 20.5. The van der Waals surface area contributed by atoms with Gasteiger partial charge in [0.1, 0.15) is 5.82 Å². The molecular formula is C24H22ClN3O4. The van der Waals surface area contributed by atoms with Gasteiger partial charge in [0.2, 0.25) is 0 Å². The molecule has 8 heteroatoms. The SMILES string of the molecule is COc1ccc([C@@H]2CC(=O)C3=C(C2)Nc2[nH][nH]c(=O)c2[C@H]3c2ccc(Cl)cc2)cc1OC. The molecule has 0 unspecified atom stereocenters. The van der Waals surface area contributed by atoms with Gasteiger partial charge in [0.05, 0.1) is 19.8 Å². The van der Waals surface area contributed by atoms with Crippen LogP contribution in [0.3, 0.4) is 0 Å². The Morgan fingerprint density at radius 3 is 2.34 bits per heavy atom. The summed E-state index contributed by atoms with van der Waals surface area (Å²) in [4.78, 5) is 26.1. The van der Waals surface area contributed by atoms with Crippen LogP contribution in [0.5, 0.6) is 11.5 Å². The molecular weight excluding hydrogens is 430 g/mol. The van der Waals surface area contributed by atoms with E-state index in [-0.39, 0.29) is 17.3 Å². The third-order valence-corrected chi connectivity index (χ3v) is 6.51. The van der Waals surface area contributed by atoms with Gasteiger partial charge in [0, 0.05) is 28.6 Å². The number of methoxy groups -OCH3 is 2. The number of fused-ring (bicyclic) bond motifs is 1. The maximum Gasteiger partial charge on any atom is 0.270 e. The average molecular weight is 452 g/mol. The highest BCUT2D eigenvalue weighted by Gasteiger charge is 2.40. The third kappa shape index (κ3) is 3.29. The second-order valence-corrected chi connectivity index (χ2v) is 8.45. The van der Waals surface area contributed by atoms with Gasteiger partial charge in [-0.3, -0.25) is 19.8 Å². The zero-order valence-corrected chi connectivity index (χ0v) is 18.4. The minimum absolute atomic E-state index is 0.0183. The Hall–Kier alpha value is -3.45. The Labute approximate surface area is 189 Å². The van der Waals surface area contributed by atoms with E-state index in [9.17, 15) is 9.59 Å².